The lowest BCUT2D eigenvalue weighted by Gasteiger charge is -2.37. The summed E-state index contributed by atoms with van der Waals surface area (Å²) in [5.41, 5.74) is 1.17. The molecule has 100 valence electrons. The molecule has 0 aliphatic carbocycles. The predicted octanol–water partition coefficient (Wildman–Crippen LogP) is 3.08. The van der Waals surface area contributed by atoms with E-state index in [0.717, 1.165) is 30.3 Å². The van der Waals surface area contributed by atoms with E-state index in [-0.39, 0.29) is 0 Å². The molecule has 0 unspecified atom stereocenters. The normalized spacial score (nSPS) is 19.9. The maximum absolute atomic E-state index is 11.0. The van der Waals surface area contributed by atoms with Gasteiger partial charge in [-0.15, -0.1) is 11.3 Å². The van der Waals surface area contributed by atoms with Crippen LogP contribution in [0.15, 0.2) is 6.07 Å². The number of carboxylic acid groups (broad SMARTS) is 1. The highest BCUT2D eigenvalue weighted by atomic mass is 32.2. The molecule has 1 N–H and O–H groups in total. The second kappa shape index (κ2) is 5.23. The van der Waals surface area contributed by atoms with Gasteiger partial charge in [-0.3, -0.25) is 4.90 Å². The third-order valence-corrected chi connectivity index (χ3v) is 5.51. The van der Waals surface area contributed by atoms with E-state index in [1.54, 1.807) is 0 Å². The molecule has 0 radical (unpaired) electrons. The summed E-state index contributed by atoms with van der Waals surface area (Å²) in [6, 6.07) is 1.83. The number of aryl methyl sites for hydroxylation is 1. The van der Waals surface area contributed by atoms with Crippen LogP contribution >= 0.6 is 23.1 Å². The van der Waals surface area contributed by atoms with Crippen molar-refractivity contribution in [2.45, 2.75) is 32.1 Å². The summed E-state index contributed by atoms with van der Waals surface area (Å²) in [6.07, 6.45) is 0. The quantitative estimate of drug-likeness (QED) is 0.926. The summed E-state index contributed by atoms with van der Waals surface area (Å²) in [7, 11) is 0. The Morgan fingerprint density at radius 1 is 1.56 bits per heavy atom. The minimum atomic E-state index is -0.816. The zero-order valence-electron chi connectivity index (χ0n) is 11.0. The molecule has 3 nitrogen and oxygen atoms in total. The van der Waals surface area contributed by atoms with Gasteiger partial charge in [-0.25, -0.2) is 4.79 Å². The molecule has 2 heterocycles. The van der Waals surface area contributed by atoms with Crippen LogP contribution in [0.25, 0.3) is 0 Å². The number of rotatable bonds is 3. The Kier molecular flexibility index (Phi) is 4.04. The topological polar surface area (TPSA) is 40.5 Å². The minimum Gasteiger partial charge on any atom is -0.477 e. The van der Waals surface area contributed by atoms with Crippen molar-refractivity contribution in [3.8, 4) is 0 Å². The Morgan fingerprint density at radius 3 is 2.83 bits per heavy atom. The molecular weight excluding hydrogens is 266 g/mol. The SMILES string of the molecule is Cc1sc(C(=O)O)cc1CN1CCSC(C)(C)C1. The largest absolute Gasteiger partial charge is 0.477 e. The number of hydrogen-bond acceptors (Lipinski definition) is 4. The molecule has 1 aliphatic rings. The van der Waals surface area contributed by atoms with Crippen LogP contribution in [0.2, 0.25) is 0 Å². The van der Waals surface area contributed by atoms with Crippen molar-refractivity contribution in [2.24, 2.45) is 0 Å². The summed E-state index contributed by atoms with van der Waals surface area (Å²) in [4.78, 5) is 15.0. The molecule has 0 amide bonds. The summed E-state index contributed by atoms with van der Waals surface area (Å²) in [5, 5.41) is 9.01. The first-order valence-corrected chi connectivity index (χ1v) is 7.86. The second-order valence-corrected chi connectivity index (χ2v) is 8.37. The van der Waals surface area contributed by atoms with E-state index in [4.69, 9.17) is 5.11 Å². The third kappa shape index (κ3) is 3.28. The molecule has 1 aromatic rings. The second-order valence-electron chi connectivity index (χ2n) is 5.32. The van der Waals surface area contributed by atoms with Gasteiger partial charge in [0.15, 0.2) is 0 Å². The van der Waals surface area contributed by atoms with Gasteiger partial charge in [-0.2, -0.15) is 11.8 Å². The van der Waals surface area contributed by atoms with Gasteiger partial charge in [0.1, 0.15) is 4.88 Å². The lowest BCUT2D eigenvalue weighted by atomic mass is 10.1. The molecule has 0 aromatic carbocycles. The van der Waals surface area contributed by atoms with E-state index in [1.807, 2.05) is 24.8 Å². The smallest absolute Gasteiger partial charge is 0.345 e. The van der Waals surface area contributed by atoms with Crippen LogP contribution in [0.3, 0.4) is 0 Å². The fourth-order valence-electron chi connectivity index (χ4n) is 2.27. The fraction of sp³-hybridized carbons (Fsp3) is 0.615. The molecule has 1 aromatic heterocycles. The zero-order valence-corrected chi connectivity index (χ0v) is 12.7. The van der Waals surface area contributed by atoms with Crippen molar-refractivity contribution < 1.29 is 9.90 Å². The van der Waals surface area contributed by atoms with Crippen molar-refractivity contribution in [2.75, 3.05) is 18.8 Å². The van der Waals surface area contributed by atoms with E-state index in [1.165, 1.54) is 16.9 Å². The van der Waals surface area contributed by atoms with Gasteiger partial charge in [-0.05, 0) is 32.4 Å². The number of thiophene rings is 1. The number of thioether (sulfide) groups is 1. The standard InChI is InChI=1S/C13H19NO2S2/c1-9-10(6-11(18-9)12(15)16)7-14-4-5-17-13(2,3)8-14/h6H,4-5,7-8H2,1-3H3,(H,15,16). The molecule has 5 heteroatoms. The van der Waals surface area contributed by atoms with E-state index in [9.17, 15) is 4.79 Å². The van der Waals surface area contributed by atoms with Crippen LogP contribution in [0, 0.1) is 6.92 Å². The van der Waals surface area contributed by atoms with E-state index < -0.39 is 5.97 Å². The number of hydrogen-bond donors (Lipinski definition) is 1. The first kappa shape index (κ1) is 13.9. The van der Waals surface area contributed by atoms with Crippen LogP contribution in [0.1, 0.15) is 34.0 Å². The number of carboxylic acids is 1. The van der Waals surface area contributed by atoms with Crippen molar-refractivity contribution in [3.63, 3.8) is 0 Å². The Hall–Kier alpha value is -0.520. The molecular formula is C13H19NO2S2. The average Bonchev–Trinajstić information content (AvgIpc) is 2.59. The fourth-order valence-corrected chi connectivity index (χ4v) is 4.32. The van der Waals surface area contributed by atoms with Crippen LogP contribution < -0.4 is 0 Å². The highest BCUT2D eigenvalue weighted by molar-refractivity contribution is 8.00. The molecule has 0 atom stereocenters. The molecule has 18 heavy (non-hydrogen) atoms. The summed E-state index contributed by atoms with van der Waals surface area (Å²) >= 11 is 3.40. The first-order chi connectivity index (χ1) is 8.37. The van der Waals surface area contributed by atoms with Gasteiger partial charge < -0.3 is 5.11 Å². The molecule has 1 fully saturated rings. The highest BCUT2D eigenvalue weighted by Gasteiger charge is 2.27. The Labute approximate surface area is 116 Å². The van der Waals surface area contributed by atoms with Gasteiger partial charge in [0.2, 0.25) is 0 Å². The Morgan fingerprint density at radius 2 is 2.28 bits per heavy atom. The summed E-state index contributed by atoms with van der Waals surface area (Å²) < 4.78 is 0.303. The number of carbonyl (C=O) groups is 1. The lowest BCUT2D eigenvalue weighted by Crippen LogP contribution is -2.42. The van der Waals surface area contributed by atoms with Gasteiger partial charge in [0.25, 0.3) is 0 Å². The van der Waals surface area contributed by atoms with Gasteiger partial charge in [0.05, 0.1) is 0 Å². The van der Waals surface area contributed by atoms with Crippen LogP contribution in [0.4, 0.5) is 0 Å². The average molecular weight is 285 g/mol. The number of aromatic carboxylic acids is 1. The minimum absolute atomic E-state index is 0.303. The van der Waals surface area contributed by atoms with Crippen LogP contribution in [-0.2, 0) is 6.54 Å². The first-order valence-electron chi connectivity index (χ1n) is 6.06. The van der Waals surface area contributed by atoms with Crippen molar-refractivity contribution in [1.29, 1.82) is 0 Å². The maximum atomic E-state index is 11.0. The van der Waals surface area contributed by atoms with E-state index in [2.05, 4.69) is 18.7 Å². The third-order valence-electron chi connectivity index (χ3n) is 3.13. The van der Waals surface area contributed by atoms with Crippen LogP contribution in [-0.4, -0.2) is 39.6 Å². The van der Waals surface area contributed by atoms with Crippen molar-refractivity contribution >= 4 is 29.1 Å². The predicted molar refractivity (Wildman–Crippen MR) is 77.8 cm³/mol. The summed E-state index contributed by atoms with van der Waals surface area (Å²) in [5.74, 6) is 0.339. The molecule has 2 rings (SSSR count). The maximum Gasteiger partial charge on any atom is 0.345 e. The van der Waals surface area contributed by atoms with E-state index >= 15 is 0 Å². The van der Waals surface area contributed by atoms with Crippen molar-refractivity contribution in [3.05, 3.63) is 21.4 Å². The molecule has 0 saturated carbocycles. The number of nitrogens with zero attached hydrogens (tertiary/aromatic N) is 1. The van der Waals surface area contributed by atoms with Gasteiger partial charge in [-0.1, -0.05) is 0 Å². The Bertz CT molecular complexity index is 454. The lowest BCUT2D eigenvalue weighted by molar-refractivity contribution is 0.0702. The summed E-state index contributed by atoms with van der Waals surface area (Å²) in [6.45, 7) is 9.58. The monoisotopic (exact) mass is 285 g/mol. The Balaban J connectivity index is 2.07. The molecule has 1 aliphatic heterocycles. The van der Waals surface area contributed by atoms with Crippen LogP contribution in [0.5, 0.6) is 0 Å². The molecule has 0 bridgehead atoms. The van der Waals surface area contributed by atoms with Gasteiger partial charge >= 0.3 is 5.97 Å². The van der Waals surface area contributed by atoms with Crippen molar-refractivity contribution in [1.82, 2.24) is 4.90 Å². The van der Waals surface area contributed by atoms with E-state index in [0.29, 0.717) is 9.62 Å². The highest BCUT2D eigenvalue weighted by Crippen LogP contribution is 2.31. The molecule has 0 spiro atoms. The molecule has 1 saturated heterocycles. The van der Waals surface area contributed by atoms with Gasteiger partial charge in [0, 0.05) is 35.0 Å². The zero-order chi connectivity index (χ0) is 13.3.